The molecule has 1 fully saturated rings. The van der Waals surface area contributed by atoms with Gasteiger partial charge in [-0.2, -0.15) is 0 Å². The predicted octanol–water partition coefficient (Wildman–Crippen LogP) is 1.03. The standard InChI is InChI=1S/C6H9ClN2O4S2/c1-15(12,13)8-3-2-4-14-6(8)5(7)9(10)11/h2-4H2,1H3. The third kappa shape index (κ3) is 2.99. The van der Waals surface area contributed by atoms with Crippen molar-refractivity contribution in [2.24, 2.45) is 0 Å². The van der Waals surface area contributed by atoms with Gasteiger partial charge in [0.2, 0.25) is 10.0 Å². The fourth-order valence-corrected chi connectivity index (χ4v) is 3.73. The molecule has 0 unspecified atom stereocenters. The van der Waals surface area contributed by atoms with Gasteiger partial charge in [0, 0.05) is 12.3 Å². The smallest absolute Gasteiger partial charge is 0.257 e. The molecule has 9 heteroatoms. The lowest BCUT2D eigenvalue weighted by atomic mass is 10.5. The van der Waals surface area contributed by atoms with Crippen LogP contribution in [0.4, 0.5) is 0 Å². The van der Waals surface area contributed by atoms with Gasteiger partial charge in [-0.15, -0.1) is 0 Å². The van der Waals surface area contributed by atoms with Crippen LogP contribution in [0.25, 0.3) is 0 Å². The Morgan fingerprint density at radius 3 is 2.73 bits per heavy atom. The molecule has 0 amide bonds. The highest BCUT2D eigenvalue weighted by molar-refractivity contribution is 8.04. The molecule has 0 bridgehead atoms. The molecular weight excluding hydrogens is 264 g/mol. The van der Waals surface area contributed by atoms with Crippen molar-refractivity contribution in [3.05, 3.63) is 20.3 Å². The molecule has 0 aromatic carbocycles. The summed E-state index contributed by atoms with van der Waals surface area (Å²) in [5.74, 6) is 0.630. The van der Waals surface area contributed by atoms with Gasteiger partial charge in [-0.25, -0.2) is 8.42 Å². The van der Waals surface area contributed by atoms with Crippen molar-refractivity contribution in [3.63, 3.8) is 0 Å². The van der Waals surface area contributed by atoms with Crippen LogP contribution in [-0.2, 0) is 10.0 Å². The molecule has 0 atom stereocenters. The number of sulfonamides is 1. The van der Waals surface area contributed by atoms with Crippen molar-refractivity contribution in [1.29, 1.82) is 0 Å². The largest absolute Gasteiger partial charge is 0.368 e. The summed E-state index contributed by atoms with van der Waals surface area (Å²) in [6, 6.07) is 0. The van der Waals surface area contributed by atoms with E-state index in [9.17, 15) is 18.5 Å². The average Bonchev–Trinajstić information content (AvgIpc) is 2.15. The molecule has 86 valence electrons. The van der Waals surface area contributed by atoms with Crippen molar-refractivity contribution in [2.75, 3.05) is 18.6 Å². The third-order valence-electron chi connectivity index (χ3n) is 1.71. The number of nitro groups is 1. The molecular formula is C6H9ClN2O4S2. The van der Waals surface area contributed by atoms with Crippen molar-refractivity contribution in [1.82, 2.24) is 4.31 Å². The molecule has 6 nitrogen and oxygen atoms in total. The normalized spacial score (nSPS) is 21.3. The van der Waals surface area contributed by atoms with E-state index in [0.717, 1.165) is 22.3 Å². The van der Waals surface area contributed by atoms with Gasteiger partial charge in [0.1, 0.15) is 0 Å². The zero-order chi connectivity index (χ0) is 11.6. The quantitative estimate of drug-likeness (QED) is 0.426. The van der Waals surface area contributed by atoms with Crippen molar-refractivity contribution < 1.29 is 13.3 Å². The summed E-state index contributed by atoms with van der Waals surface area (Å²) in [6.07, 6.45) is 1.66. The van der Waals surface area contributed by atoms with E-state index in [0.29, 0.717) is 12.2 Å². The summed E-state index contributed by atoms with van der Waals surface area (Å²) in [6.45, 7) is 0.241. The van der Waals surface area contributed by atoms with Crippen LogP contribution in [0.15, 0.2) is 10.2 Å². The third-order valence-corrected chi connectivity index (χ3v) is 4.60. The van der Waals surface area contributed by atoms with Crippen LogP contribution in [0.3, 0.4) is 0 Å². The van der Waals surface area contributed by atoms with Gasteiger partial charge in [0.25, 0.3) is 0 Å². The Morgan fingerprint density at radius 1 is 1.67 bits per heavy atom. The maximum absolute atomic E-state index is 11.3. The van der Waals surface area contributed by atoms with E-state index in [4.69, 9.17) is 11.6 Å². The van der Waals surface area contributed by atoms with Crippen LogP contribution in [0.1, 0.15) is 6.42 Å². The molecule has 1 saturated heterocycles. The fraction of sp³-hybridized carbons (Fsp3) is 0.667. The van der Waals surface area contributed by atoms with E-state index >= 15 is 0 Å². The van der Waals surface area contributed by atoms with Crippen LogP contribution < -0.4 is 0 Å². The van der Waals surface area contributed by atoms with E-state index in [-0.39, 0.29) is 11.6 Å². The van der Waals surface area contributed by atoms with Gasteiger partial charge in [0.05, 0.1) is 11.2 Å². The Morgan fingerprint density at radius 2 is 2.27 bits per heavy atom. The summed E-state index contributed by atoms with van der Waals surface area (Å²) < 4.78 is 23.6. The second-order valence-corrected chi connectivity index (χ2v) is 6.24. The van der Waals surface area contributed by atoms with Gasteiger partial charge >= 0.3 is 5.16 Å². The zero-order valence-electron chi connectivity index (χ0n) is 7.84. The lowest BCUT2D eigenvalue weighted by Gasteiger charge is -2.27. The van der Waals surface area contributed by atoms with Gasteiger partial charge in [-0.05, 0) is 18.0 Å². The van der Waals surface area contributed by atoms with Gasteiger partial charge < -0.3 is 0 Å². The first-order chi connectivity index (χ1) is 6.84. The highest BCUT2D eigenvalue weighted by Gasteiger charge is 2.30. The van der Waals surface area contributed by atoms with Gasteiger partial charge in [-0.3, -0.25) is 14.4 Å². The maximum Gasteiger partial charge on any atom is 0.368 e. The lowest BCUT2D eigenvalue weighted by molar-refractivity contribution is -0.413. The fourth-order valence-electron chi connectivity index (χ4n) is 1.11. The number of halogens is 1. The molecule has 1 rings (SSSR count). The van der Waals surface area contributed by atoms with Gasteiger partial charge in [0.15, 0.2) is 5.03 Å². The molecule has 0 aliphatic carbocycles. The van der Waals surface area contributed by atoms with E-state index in [1.807, 2.05) is 0 Å². The molecule has 1 heterocycles. The summed E-state index contributed by atoms with van der Waals surface area (Å²) in [4.78, 5) is 9.67. The molecule has 0 saturated carbocycles. The SMILES string of the molecule is CS(=O)(=O)N1CCCSC1=C(Cl)[N+](=O)[O-]. The zero-order valence-corrected chi connectivity index (χ0v) is 10.2. The topological polar surface area (TPSA) is 80.5 Å². The van der Waals surface area contributed by atoms with E-state index in [2.05, 4.69) is 0 Å². The number of hydrogen-bond donors (Lipinski definition) is 0. The van der Waals surface area contributed by atoms with E-state index < -0.39 is 20.1 Å². The van der Waals surface area contributed by atoms with E-state index in [1.165, 1.54) is 0 Å². The number of rotatable bonds is 2. The van der Waals surface area contributed by atoms with Crippen LogP contribution >= 0.6 is 23.4 Å². The summed E-state index contributed by atoms with van der Waals surface area (Å²) >= 11 is 6.54. The van der Waals surface area contributed by atoms with Crippen LogP contribution in [-0.4, -0.2) is 36.2 Å². The average molecular weight is 273 g/mol. The molecule has 0 N–H and O–H groups in total. The predicted molar refractivity (Wildman–Crippen MR) is 58.5 cm³/mol. The minimum Gasteiger partial charge on any atom is -0.257 e. The Bertz CT molecular complexity index is 405. The first-order valence-corrected chi connectivity index (χ1v) is 7.20. The Kier molecular flexibility index (Phi) is 3.85. The van der Waals surface area contributed by atoms with Crippen molar-refractivity contribution in [2.45, 2.75) is 6.42 Å². The monoisotopic (exact) mass is 272 g/mol. The first-order valence-electron chi connectivity index (χ1n) is 3.98. The highest BCUT2D eigenvalue weighted by atomic mass is 35.5. The Labute approximate surface area is 96.5 Å². The number of thioether (sulfide) groups is 1. The molecule has 0 spiro atoms. The summed E-state index contributed by atoms with van der Waals surface area (Å²) in [5, 5.41) is 9.83. The number of hydrogen-bond acceptors (Lipinski definition) is 5. The van der Waals surface area contributed by atoms with Crippen LogP contribution in [0.2, 0.25) is 0 Å². The molecule has 0 radical (unpaired) electrons. The minimum atomic E-state index is -3.49. The highest BCUT2D eigenvalue weighted by Crippen LogP contribution is 2.33. The second kappa shape index (κ2) is 4.58. The van der Waals surface area contributed by atoms with Crippen LogP contribution in [0, 0.1) is 10.1 Å². The molecule has 1 aliphatic rings. The number of nitrogens with zero attached hydrogens (tertiary/aromatic N) is 2. The Hall–Kier alpha value is -0.470. The first kappa shape index (κ1) is 12.6. The Balaban J connectivity index is 3.14. The van der Waals surface area contributed by atoms with Crippen molar-refractivity contribution in [3.8, 4) is 0 Å². The molecule has 15 heavy (non-hydrogen) atoms. The van der Waals surface area contributed by atoms with Crippen molar-refractivity contribution >= 4 is 33.4 Å². The molecule has 0 aromatic rings. The summed E-state index contributed by atoms with van der Waals surface area (Å²) in [5.41, 5.74) is 0. The lowest BCUT2D eigenvalue weighted by Crippen LogP contribution is -2.33. The van der Waals surface area contributed by atoms with Gasteiger partial charge in [-0.1, -0.05) is 11.8 Å². The summed E-state index contributed by atoms with van der Waals surface area (Å²) in [7, 11) is -3.49. The molecule has 0 aromatic heterocycles. The maximum atomic E-state index is 11.3. The minimum absolute atomic E-state index is 0.00965. The second-order valence-electron chi connectivity index (χ2n) is 2.89. The van der Waals surface area contributed by atoms with Crippen LogP contribution in [0.5, 0.6) is 0 Å². The molecule has 1 aliphatic heterocycles. The van der Waals surface area contributed by atoms with E-state index in [1.54, 1.807) is 0 Å².